The number of hydrogen-bond donors (Lipinski definition) is 2. The van der Waals surface area contributed by atoms with Gasteiger partial charge in [0.05, 0.1) is 6.04 Å². The van der Waals surface area contributed by atoms with Crippen molar-refractivity contribution in [2.24, 2.45) is 0 Å². The monoisotopic (exact) mass is 388 g/mol. The Morgan fingerprint density at radius 1 is 1.19 bits per heavy atom. The Hall–Kier alpha value is -2.29. The summed E-state index contributed by atoms with van der Waals surface area (Å²) < 4.78 is 10.6. The summed E-state index contributed by atoms with van der Waals surface area (Å²) in [6.07, 6.45) is 0. The van der Waals surface area contributed by atoms with Crippen molar-refractivity contribution in [1.82, 2.24) is 15.1 Å². The van der Waals surface area contributed by atoms with Crippen molar-refractivity contribution in [2.45, 2.75) is 6.04 Å². The molecular weight excluding hydrogens is 364 g/mol. The van der Waals surface area contributed by atoms with Gasteiger partial charge < -0.3 is 25.0 Å². The van der Waals surface area contributed by atoms with Crippen LogP contribution in [0.2, 0.25) is 0 Å². The molecule has 0 aliphatic carbocycles. The molecule has 1 fully saturated rings. The molecule has 8 heteroatoms. The number of amides is 2. The number of rotatable bonds is 5. The fourth-order valence-electron chi connectivity index (χ4n) is 3.39. The lowest BCUT2D eigenvalue weighted by atomic mass is 10.1. The standard InChI is InChI=1S/C19H24N4O3S/c1-22-5-7-23(8-6-22)16(14-4-9-27-12-14)11-20-19(24)21-15-2-3-17-18(10-15)26-13-25-17/h2-4,9-10,12,16H,5-8,11,13H2,1H3,(H2,20,21,24)/t16-/m0/s1. The van der Waals surface area contributed by atoms with Gasteiger partial charge in [0.1, 0.15) is 0 Å². The second-order valence-electron chi connectivity index (χ2n) is 6.81. The first-order chi connectivity index (χ1) is 13.2. The predicted molar refractivity (Wildman–Crippen MR) is 106 cm³/mol. The molecule has 2 amide bonds. The summed E-state index contributed by atoms with van der Waals surface area (Å²) in [5.41, 5.74) is 1.94. The predicted octanol–water partition coefficient (Wildman–Crippen LogP) is 2.59. The van der Waals surface area contributed by atoms with Gasteiger partial charge in [0.25, 0.3) is 0 Å². The Morgan fingerprint density at radius 2 is 2.00 bits per heavy atom. The molecule has 2 N–H and O–H groups in total. The van der Waals surface area contributed by atoms with Crippen LogP contribution in [-0.2, 0) is 0 Å². The number of nitrogens with zero attached hydrogens (tertiary/aromatic N) is 2. The highest BCUT2D eigenvalue weighted by molar-refractivity contribution is 7.07. The number of hydrogen-bond acceptors (Lipinski definition) is 6. The van der Waals surface area contributed by atoms with Crippen LogP contribution in [0.1, 0.15) is 11.6 Å². The summed E-state index contributed by atoms with van der Waals surface area (Å²) in [5, 5.41) is 10.2. The van der Waals surface area contributed by atoms with Gasteiger partial charge in [-0.2, -0.15) is 11.3 Å². The highest BCUT2D eigenvalue weighted by Gasteiger charge is 2.24. The molecule has 1 saturated heterocycles. The zero-order valence-corrected chi connectivity index (χ0v) is 16.1. The van der Waals surface area contributed by atoms with E-state index >= 15 is 0 Å². The molecule has 4 rings (SSSR count). The van der Waals surface area contributed by atoms with Crippen molar-refractivity contribution >= 4 is 23.1 Å². The highest BCUT2D eigenvalue weighted by Crippen LogP contribution is 2.34. The molecule has 7 nitrogen and oxygen atoms in total. The molecule has 2 aromatic rings. The lowest BCUT2D eigenvalue weighted by molar-refractivity contribution is 0.111. The van der Waals surface area contributed by atoms with Gasteiger partial charge in [0.15, 0.2) is 11.5 Å². The Balaban J connectivity index is 1.36. The average molecular weight is 388 g/mol. The number of nitrogens with one attached hydrogen (secondary N) is 2. The van der Waals surface area contributed by atoms with E-state index in [9.17, 15) is 4.79 Å². The zero-order chi connectivity index (χ0) is 18.6. The highest BCUT2D eigenvalue weighted by atomic mass is 32.1. The van der Waals surface area contributed by atoms with Crippen LogP contribution in [-0.4, -0.2) is 62.4 Å². The minimum absolute atomic E-state index is 0.187. The van der Waals surface area contributed by atoms with Crippen molar-refractivity contribution in [3.63, 3.8) is 0 Å². The summed E-state index contributed by atoms with van der Waals surface area (Å²) in [5.74, 6) is 1.36. The van der Waals surface area contributed by atoms with Crippen LogP contribution in [0.25, 0.3) is 0 Å². The number of likely N-dealkylation sites (N-methyl/N-ethyl adjacent to an activating group) is 1. The number of carbonyl (C=O) groups is 1. The van der Waals surface area contributed by atoms with E-state index in [2.05, 4.69) is 44.3 Å². The number of anilines is 1. The number of thiophene rings is 1. The second kappa shape index (κ2) is 8.16. The van der Waals surface area contributed by atoms with E-state index < -0.39 is 0 Å². The van der Waals surface area contributed by atoms with Crippen molar-refractivity contribution in [2.75, 3.05) is 51.9 Å². The molecule has 1 aromatic carbocycles. The number of piperazine rings is 1. The molecule has 27 heavy (non-hydrogen) atoms. The maximum absolute atomic E-state index is 12.4. The van der Waals surface area contributed by atoms with E-state index in [4.69, 9.17) is 9.47 Å². The zero-order valence-electron chi connectivity index (χ0n) is 15.3. The van der Waals surface area contributed by atoms with Gasteiger partial charge in [-0.15, -0.1) is 0 Å². The summed E-state index contributed by atoms with van der Waals surface area (Å²) in [4.78, 5) is 17.2. The van der Waals surface area contributed by atoms with Gasteiger partial charge in [-0.1, -0.05) is 0 Å². The number of carbonyl (C=O) groups excluding carboxylic acids is 1. The smallest absolute Gasteiger partial charge is 0.319 e. The maximum Gasteiger partial charge on any atom is 0.319 e. The molecule has 0 bridgehead atoms. The Morgan fingerprint density at radius 3 is 2.78 bits per heavy atom. The van der Waals surface area contributed by atoms with Gasteiger partial charge in [-0.25, -0.2) is 4.79 Å². The number of ether oxygens (including phenoxy) is 2. The molecule has 0 spiro atoms. The second-order valence-corrected chi connectivity index (χ2v) is 7.59. The molecule has 1 aromatic heterocycles. The van der Waals surface area contributed by atoms with Gasteiger partial charge >= 0.3 is 6.03 Å². The SMILES string of the molecule is CN1CCN([C@@H](CNC(=O)Nc2ccc3c(c2)OCO3)c2ccsc2)CC1. The third-order valence-corrected chi connectivity index (χ3v) is 5.69. The summed E-state index contributed by atoms with van der Waals surface area (Å²) in [7, 11) is 2.15. The van der Waals surface area contributed by atoms with Crippen molar-refractivity contribution in [3.8, 4) is 11.5 Å². The van der Waals surface area contributed by atoms with Crippen LogP contribution in [0.4, 0.5) is 10.5 Å². The molecule has 2 aliphatic heterocycles. The van der Waals surface area contributed by atoms with Gasteiger partial charge in [-0.3, -0.25) is 4.90 Å². The van der Waals surface area contributed by atoms with Gasteiger partial charge in [0.2, 0.25) is 6.79 Å². The Bertz CT molecular complexity index is 775. The minimum Gasteiger partial charge on any atom is -0.454 e. The fraction of sp³-hybridized carbons (Fsp3) is 0.421. The third-order valence-electron chi connectivity index (χ3n) is 4.99. The topological polar surface area (TPSA) is 66.1 Å². The Labute approximate surface area is 162 Å². The normalized spacial score (nSPS) is 18.3. The number of urea groups is 1. The quantitative estimate of drug-likeness (QED) is 0.824. The molecule has 3 heterocycles. The summed E-state index contributed by atoms with van der Waals surface area (Å²) >= 11 is 1.69. The van der Waals surface area contributed by atoms with Crippen LogP contribution in [0.5, 0.6) is 11.5 Å². The van der Waals surface area contributed by atoms with Crippen LogP contribution in [0.15, 0.2) is 35.0 Å². The number of fused-ring (bicyclic) bond motifs is 1. The van der Waals surface area contributed by atoms with Crippen LogP contribution in [0, 0.1) is 0 Å². The van der Waals surface area contributed by atoms with Gasteiger partial charge in [-0.05, 0) is 41.6 Å². The van der Waals surface area contributed by atoms with Crippen molar-refractivity contribution < 1.29 is 14.3 Å². The van der Waals surface area contributed by atoms with E-state index in [1.54, 1.807) is 23.5 Å². The van der Waals surface area contributed by atoms with Crippen LogP contribution < -0.4 is 20.1 Å². The first kappa shape index (κ1) is 18.1. The van der Waals surface area contributed by atoms with E-state index in [0.29, 0.717) is 23.7 Å². The van der Waals surface area contributed by atoms with Gasteiger partial charge in [0, 0.05) is 44.5 Å². The summed E-state index contributed by atoms with van der Waals surface area (Å²) in [6.45, 7) is 4.88. The van der Waals surface area contributed by atoms with E-state index in [0.717, 1.165) is 26.2 Å². The molecular formula is C19H24N4O3S. The van der Waals surface area contributed by atoms with E-state index in [1.807, 2.05) is 6.07 Å². The minimum atomic E-state index is -0.219. The molecule has 1 atom stereocenters. The average Bonchev–Trinajstić information content (AvgIpc) is 3.35. The molecule has 0 saturated carbocycles. The molecule has 144 valence electrons. The first-order valence-corrected chi connectivity index (χ1v) is 10.0. The lowest BCUT2D eigenvalue weighted by Crippen LogP contribution is -2.48. The largest absolute Gasteiger partial charge is 0.454 e. The third kappa shape index (κ3) is 4.35. The van der Waals surface area contributed by atoms with Crippen LogP contribution in [0.3, 0.4) is 0 Å². The first-order valence-electron chi connectivity index (χ1n) is 9.08. The molecule has 0 radical (unpaired) electrons. The number of benzene rings is 1. The molecule has 0 unspecified atom stereocenters. The fourth-order valence-corrected chi connectivity index (χ4v) is 4.10. The maximum atomic E-state index is 12.4. The Kier molecular flexibility index (Phi) is 5.47. The van der Waals surface area contributed by atoms with E-state index in [1.165, 1.54) is 5.56 Å². The lowest BCUT2D eigenvalue weighted by Gasteiger charge is -2.37. The van der Waals surface area contributed by atoms with Crippen molar-refractivity contribution in [1.29, 1.82) is 0 Å². The van der Waals surface area contributed by atoms with E-state index in [-0.39, 0.29) is 18.9 Å². The summed E-state index contributed by atoms with van der Waals surface area (Å²) in [6, 6.07) is 7.50. The van der Waals surface area contributed by atoms with Crippen LogP contribution >= 0.6 is 11.3 Å². The van der Waals surface area contributed by atoms with Crippen molar-refractivity contribution in [3.05, 3.63) is 40.6 Å². The molecule has 2 aliphatic rings.